The monoisotopic (exact) mass is 911 g/mol. The molecule has 1 amide bonds. The summed E-state index contributed by atoms with van der Waals surface area (Å²) in [5.74, 6) is -3.11. The fourth-order valence-electron chi connectivity index (χ4n) is 8.98. The quantitative estimate of drug-likeness (QED) is 0.0679. The van der Waals surface area contributed by atoms with E-state index in [1.54, 1.807) is 11.9 Å². The predicted molar refractivity (Wildman–Crippen MR) is 244 cm³/mol. The van der Waals surface area contributed by atoms with Crippen molar-refractivity contribution in [2.45, 2.75) is 137 Å². The minimum atomic E-state index is -1.35. The number of carbonyl (C=O) groups is 6. The van der Waals surface area contributed by atoms with Gasteiger partial charge in [-0.25, -0.2) is 4.98 Å². The van der Waals surface area contributed by atoms with E-state index >= 15 is 0 Å². The van der Waals surface area contributed by atoms with Crippen molar-refractivity contribution < 1.29 is 57.2 Å². The van der Waals surface area contributed by atoms with Crippen LogP contribution in [-0.4, -0.2) is 118 Å². The molecular formula is C49H61N5O12. The summed E-state index contributed by atoms with van der Waals surface area (Å²) in [5, 5.41) is 0. The van der Waals surface area contributed by atoms with Crippen LogP contribution in [-0.2, 0) is 52.4 Å². The number of allylic oxidation sites excluding steroid dienone is 2. The van der Waals surface area contributed by atoms with Crippen LogP contribution >= 0.6 is 0 Å². The molecule has 354 valence electrons. The molecule has 3 aliphatic rings. The number of fused-ring (bicyclic) bond motifs is 8. The van der Waals surface area contributed by atoms with Crippen LogP contribution in [0.2, 0.25) is 0 Å². The third-order valence-corrected chi connectivity index (χ3v) is 12.6. The lowest BCUT2D eigenvalue weighted by atomic mass is 9.86. The number of esters is 4. The van der Waals surface area contributed by atoms with Crippen molar-refractivity contribution in [1.29, 1.82) is 0 Å². The third kappa shape index (κ3) is 10.9. The molecule has 3 aromatic rings. The van der Waals surface area contributed by atoms with Crippen molar-refractivity contribution in [2.75, 3.05) is 26.8 Å². The van der Waals surface area contributed by atoms with E-state index < -0.39 is 54.6 Å². The molecule has 17 heteroatoms. The number of amides is 1. The molecule has 0 saturated carbocycles. The van der Waals surface area contributed by atoms with Crippen molar-refractivity contribution >= 4 is 69.3 Å². The second-order valence-corrected chi connectivity index (χ2v) is 17.2. The van der Waals surface area contributed by atoms with Gasteiger partial charge in [-0.15, -0.1) is 0 Å². The fourth-order valence-corrected chi connectivity index (χ4v) is 8.98. The summed E-state index contributed by atoms with van der Waals surface area (Å²) in [6, 6.07) is 8.16. The predicted octanol–water partition coefficient (Wildman–Crippen LogP) is 7.01. The van der Waals surface area contributed by atoms with Gasteiger partial charge in [0.1, 0.15) is 12.7 Å². The van der Waals surface area contributed by atoms with Gasteiger partial charge < -0.3 is 43.3 Å². The summed E-state index contributed by atoms with van der Waals surface area (Å²) >= 11 is 0. The maximum Gasteiger partial charge on any atom is 0.303 e. The van der Waals surface area contributed by atoms with Crippen LogP contribution in [0.25, 0.3) is 33.2 Å². The van der Waals surface area contributed by atoms with Crippen LogP contribution in [0.4, 0.5) is 0 Å². The van der Waals surface area contributed by atoms with E-state index in [0.717, 1.165) is 101 Å². The first-order chi connectivity index (χ1) is 31.3. The van der Waals surface area contributed by atoms with Gasteiger partial charge in [0.05, 0.1) is 23.5 Å². The summed E-state index contributed by atoms with van der Waals surface area (Å²) < 4.78 is 33.7. The second kappa shape index (κ2) is 21.0. The molecule has 8 bridgehead atoms. The van der Waals surface area contributed by atoms with Gasteiger partial charge >= 0.3 is 23.9 Å². The molecule has 0 spiro atoms. The van der Waals surface area contributed by atoms with Gasteiger partial charge in [-0.05, 0) is 99.1 Å². The number of nitrogens with one attached hydrogen (secondary N) is 2. The molecule has 1 saturated heterocycles. The minimum Gasteiger partial charge on any atom is -0.463 e. The van der Waals surface area contributed by atoms with Gasteiger partial charge in [0, 0.05) is 93.0 Å². The zero-order valence-electron chi connectivity index (χ0n) is 39.6. The molecule has 6 heterocycles. The molecule has 17 nitrogen and oxygen atoms in total. The van der Waals surface area contributed by atoms with Crippen LogP contribution in [0.15, 0.2) is 24.3 Å². The maximum absolute atomic E-state index is 13.8. The Balaban J connectivity index is 1.21. The van der Waals surface area contributed by atoms with E-state index in [2.05, 4.69) is 56.7 Å². The number of carbonyl (C=O) groups excluding carboxylic acids is 6. The lowest BCUT2D eigenvalue weighted by Gasteiger charge is -2.44. The van der Waals surface area contributed by atoms with Gasteiger partial charge in [-0.1, -0.05) is 13.8 Å². The first-order valence-corrected chi connectivity index (χ1v) is 22.3. The van der Waals surface area contributed by atoms with E-state index in [1.165, 1.54) is 6.92 Å². The standard InChI is InChI=1S/C49H61N5O12/c1-12-33-25(3)39-21-42-35(22-55)27(5)38(52-42)20-40-26(4)34(45(53-40)28(6)37-18-24(2)36(50-37)19-41(33)51-39)14-15-44(60)54(11)16-13-17-61-49-48(65-32(10)59)47(64-31(9)58)46(63-30(8)57)43(66-49)23-62-29(7)56/h18-22,26,34,43,46-50,52H,12-17,23H2,1-11H3/t26-,34-,43+,46+,47-,48+,49+/m0/s1. The summed E-state index contributed by atoms with van der Waals surface area (Å²) in [6.07, 6.45) is -3.70. The highest BCUT2D eigenvalue weighted by atomic mass is 16.7. The third-order valence-electron chi connectivity index (χ3n) is 12.6. The Morgan fingerprint density at radius 3 is 2.08 bits per heavy atom. The smallest absolute Gasteiger partial charge is 0.303 e. The van der Waals surface area contributed by atoms with Crippen LogP contribution < -0.4 is 0 Å². The Morgan fingerprint density at radius 2 is 1.42 bits per heavy atom. The van der Waals surface area contributed by atoms with Gasteiger partial charge in [0.2, 0.25) is 5.91 Å². The molecule has 7 atom stereocenters. The number of nitrogens with zero attached hydrogens (tertiary/aromatic N) is 3. The number of ether oxygens (including phenoxy) is 6. The van der Waals surface area contributed by atoms with Crippen LogP contribution in [0.3, 0.4) is 0 Å². The van der Waals surface area contributed by atoms with Gasteiger partial charge in [-0.2, -0.15) is 0 Å². The molecule has 0 aromatic carbocycles. The van der Waals surface area contributed by atoms with Crippen molar-refractivity contribution in [1.82, 2.24) is 24.8 Å². The largest absolute Gasteiger partial charge is 0.463 e. The number of hydrogen-bond acceptors (Lipinski definition) is 14. The summed E-state index contributed by atoms with van der Waals surface area (Å²) in [5.41, 5.74) is 12.3. The Labute approximate surface area is 383 Å². The normalized spacial score (nSPS) is 21.5. The Morgan fingerprint density at radius 1 is 0.788 bits per heavy atom. The molecule has 0 unspecified atom stereocenters. The van der Waals surface area contributed by atoms with Crippen molar-refractivity contribution in [3.8, 4) is 0 Å². The molecular weight excluding hydrogens is 851 g/mol. The molecule has 3 aromatic heterocycles. The molecule has 0 aliphatic carbocycles. The van der Waals surface area contributed by atoms with E-state index in [1.807, 2.05) is 19.1 Å². The number of H-pyrrole nitrogens is 2. The zero-order valence-corrected chi connectivity index (χ0v) is 39.6. The summed E-state index contributed by atoms with van der Waals surface area (Å²) in [6.45, 7) is 16.9. The summed E-state index contributed by atoms with van der Waals surface area (Å²) in [4.78, 5) is 93.5. The number of aldehydes is 1. The first kappa shape index (κ1) is 49.2. The molecule has 1 fully saturated rings. The number of aromatic nitrogens is 4. The number of rotatable bonds is 15. The molecule has 3 aliphatic heterocycles. The van der Waals surface area contributed by atoms with Crippen molar-refractivity contribution in [2.24, 2.45) is 0 Å². The Bertz CT molecular complexity index is 2590. The molecule has 66 heavy (non-hydrogen) atoms. The molecule has 2 N–H and O–H groups in total. The van der Waals surface area contributed by atoms with E-state index in [0.29, 0.717) is 30.5 Å². The van der Waals surface area contributed by atoms with Gasteiger partial charge in [-0.3, -0.25) is 33.8 Å². The van der Waals surface area contributed by atoms with Crippen molar-refractivity contribution in [3.63, 3.8) is 0 Å². The van der Waals surface area contributed by atoms with Crippen LogP contribution in [0, 0.1) is 20.8 Å². The average Bonchev–Trinajstić information content (AvgIpc) is 3.96. The van der Waals surface area contributed by atoms with Gasteiger partial charge in [0.25, 0.3) is 0 Å². The first-order valence-electron chi connectivity index (χ1n) is 22.3. The van der Waals surface area contributed by atoms with Crippen LogP contribution in [0.5, 0.6) is 0 Å². The lowest BCUT2D eigenvalue weighted by Crippen LogP contribution is -2.63. The highest BCUT2D eigenvalue weighted by molar-refractivity contribution is 5.96. The topological polar surface area (TPSA) is 218 Å². The second-order valence-electron chi connectivity index (χ2n) is 17.2. The highest BCUT2D eigenvalue weighted by Crippen LogP contribution is 2.42. The minimum absolute atomic E-state index is 0.0188. The summed E-state index contributed by atoms with van der Waals surface area (Å²) in [7, 11) is 1.71. The van der Waals surface area contributed by atoms with E-state index in [9.17, 15) is 28.8 Å². The van der Waals surface area contributed by atoms with Crippen molar-refractivity contribution in [3.05, 3.63) is 69.3 Å². The lowest BCUT2D eigenvalue weighted by molar-refractivity contribution is -0.308. The maximum atomic E-state index is 13.8. The Kier molecular flexibility index (Phi) is 15.6. The SMILES string of the molecule is CCC1=C(C)c2cc3[nH]c(cc4nc(c(C)c5cc(C)c(cc1n2)[nH]5)[C@@H](CCC(=O)N(C)CCCO[C@@H]1O[C@H](COC(C)=O)[C@@H](OC(C)=O)[C@H](OC(C)=O)[C@H]1OC(C)=O)[C@@H]4C)c(C)c3C=O. The number of aryl methyl sites for hydroxylation is 3. The average molecular weight is 912 g/mol. The van der Waals surface area contributed by atoms with Crippen LogP contribution in [0.1, 0.15) is 136 Å². The zero-order chi connectivity index (χ0) is 48.1. The number of hydrogen-bond donors (Lipinski definition) is 2. The molecule has 6 rings (SSSR count). The van der Waals surface area contributed by atoms with Gasteiger partial charge in [0.15, 0.2) is 30.9 Å². The number of aromatic amines is 2. The van der Waals surface area contributed by atoms with E-state index in [4.69, 9.17) is 38.4 Å². The Hall–Kier alpha value is -6.20. The highest BCUT2D eigenvalue weighted by Gasteiger charge is 2.52. The fraction of sp³-hybridized carbons (Fsp3) is 0.510. The molecule has 0 radical (unpaired) electrons. The van der Waals surface area contributed by atoms with E-state index in [-0.39, 0.29) is 37.4 Å².